The van der Waals surface area contributed by atoms with Crippen molar-refractivity contribution in [1.82, 2.24) is 0 Å². The molecule has 8 heavy (non-hydrogen) atoms. The van der Waals surface area contributed by atoms with Gasteiger partial charge in [0.25, 0.3) is 0 Å². The zero-order chi connectivity index (χ0) is 5.21. The van der Waals surface area contributed by atoms with Gasteiger partial charge in [0.15, 0.2) is 0 Å². The molecule has 0 spiro atoms. The van der Waals surface area contributed by atoms with Gasteiger partial charge in [-0.3, -0.25) is 0 Å². The summed E-state index contributed by atoms with van der Waals surface area (Å²) in [6, 6.07) is 1.16. The van der Waals surface area contributed by atoms with Crippen molar-refractivity contribution in [3.05, 3.63) is 14.4 Å². The van der Waals surface area contributed by atoms with Gasteiger partial charge in [-0.15, -0.1) is 0 Å². The molecule has 0 amide bonds. The summed E-state index contributed by atoms with van der Waals surface area (Å²) < 4.78 is 0. The van der Waals surface area contributed by atoms with Crippen LogP contribution in [0.4, 0.5) is 0 Å². The maximum atomic E-state index is 3.82. The Labute approximate surface area is 67.8 Å². The second-order valence-electron chi connectivity index (χ2n) is 2.81. The second kappa shape index (κ2) is 5.97. The van der Waals surface area contributed by atoms with E-state index >= 15 is 0 Å². The zero-order valence-corrected chi connectivity index (χ0v) is 9.01. The van der Waals surface area contributed by atoms with Crippen LogP contribution < -0.4 is 0 Å². The number of rotatable bonds is 1. The van der Waals surface area contributed by atoms with Crippen molar-refractivity contribution in [3.63, 3.8) is 0 Å². The van der Waals surface area contributed by atoms with E-state index in [4.69, 9.17) is 0 Å². The SMILES string of the molecule is [CH2-]C[Si](C)(C)C.[CH3-].[RhH+2]. The molecule has 0 N–H and O–H groups in total. The van der Waals surface area contributed by atoms with Crippen LogP contribution in [0.3, 0.4) is 0 Å². The Morgan fingerprint density at radius 3 is 1.38 bits per heavy atom. The summed E-state index contributed by atoms with van der Waals surface area (Å²) in [7, 11) is -0.742. The molecule has 0 aromatic heterocycles. The molecule has 0 unspecified atom stereocenters. The number of hydrogen-bond acceptors (Lipinski definition) is 0. The van der Waals surface area contributed by atoms with Gasteiger partial charge in [0.2, 0.25) is 0 Å². The van der Waals surface area contributed by atoms with Crippen LogP contribution in [0.25, 0.3) is 0 Å². The average molecular weight is 220 g/mol. The van der Waals surface area contributed by atoms with Crippen molar-refractivity contribution in [2.45, 2.75) is 25.7 Å². The Balaban J connectivity index is -0.000000125. The van der Waals surface area contributed by atoms with E-state index in [1.54, 1.807) is 0 Å². The third-order valence-electron chi connectivity index (χ3n) is 0.750. The first-order chi connectivity index (χ1) is 2.56. The van der Waals surface area contributed by atoms with E-state index in [2.05, 4.69) is 26.6 Å². The van der Waals surface area contributed by atoms with E-state index in [1.165, 1.54) is 0 Å². The average Bonchev–Trinajstić information content (AvgIpc) is 1.35. The van der Waals surface area contributed by atoms with Crippen molar-refractivity contribution < 1.29 is 19.5 Å². The van der Waals surface area contributed by atoms with Gasteiger partial charge in [0, 0.05) is 8.07 Å². The van der Waals surface area contributed by atoms with Gasteiger partial charge in [-0.05, 0) is 0 Å². The first-order valence-corrected chi connectivity index (χ1v) is 6.06. The van der Waals surface area contributed by atoms with Gasteiger partial charge in [-0.1, -0.05) is 19.6 Å². The molecule has 0 saturated carbocycles. The predicted molar refractivity (Wildman–Crippen MR) is 41.3 cm³/mol. The van der Waals surface area contributed by atoms with Crippen molar-refractivity contribution >= 4 is 8.07 Å². The third kappa shape index (κ3) is 15.8. The molecular weight excluding hydrogens is 203 g/mol. The topological polar surface area (TPSA) is 0 Å². The first kappa shape index (κ1) is 15.9. The monoisotopic (exact) mass is 220 g/mol. The molecule has 0 saturated heterocycles. The van der Waals surface area contributed by atoms with Crippen molar-refractivity contribution in [2.75, 3.05) is 0 Å². The molecule has 0 nitrogen and oxygen atoms in total. The van der Waals surface area contributed by atoms with Gasteiger partial charge < -0.3 is 14.4 Å². The summed E-state index contributed by atoms with van der Waals surface area (Å²) in [6.07, 6.45) is 0. The third-order valence-corrected chi connectivity index (χ3v) is 2.25. The molecule has 0 aromatic carbocycles. The summed E-state index contributed by atoms with van der Waals surface area (Å²) in [6.45, 7) is 10.8. The minimum atomic E-state index is -0.742. The fraction of sp³-hybridized carbons (Fsp3) is 0.667. The molecule has 0 rings (SSSR count). The van der Waals surface area contributed by atoms with Crippen LogP contribution in [0.1, 0.15) is 0 Å². The normalized spacial score (nSPS) is 9.00. The standard InChI is InChI=1S/C5H13Si.CH3.Rh.H/c1-5-6(2,3)4;;;/h1,5H2,2-4H3;1H3;;/q2*-1;+2;. The van der Waals surface area contributed by atoms with E-state index in [0.29, 0.717) is 0 Å². The summed E-state index contributed by atoms with van der Waals surface area (Å²) >= 11 is 0. The van der Waals surface area contributed by atoms with Crippen molar-refractivity contribution in [1.29, 1.82) is 0 Å². The summed E-state index contributed by atoms with van der Waals surface area (Å²) in [4.78, 5) is 0. The molecule has 54 valence electrons. The van der Waals surface area contributed by atoms with Gasteiger partial charge in [-0.2, -0.15) is 6.04 Å². The maximum absolute atomic E-state index is 3.82. The van der Waals surface area contributed by atoms with Gasteiger partial charge in [-0.25, -0.2) is 0 Å². The Morgan fingerprint density at radius 1 is 1.25 bits per heavy atom. The quantitative estimate of drug-likeness (QED) is 0.470. The molecule has 0 aliphatic carbocycles. The fourth-order valence-electron chi connectivity index (χ4n) is 0. The molecule has 0 aliphatic rings. The summed E-state index contributed by atoms with van der Waals surface area (Å²) in [5.74, 6) is 0. The van der Waals surface area contributed by atoms with Crippen LogP contribution in [-0.2, 0) is 19.5 Å². The predicted octanol–water partition coefficient (Wildman–Crippen LogP) is 2.34. The fourth-order valence-corrected chi connectivity index (χ4v) is 0. The van der Waals surface area contributed by atoms with Crippen molar-refractivity contribution in [3.8, 4) is 0 Å². The molecule has 0 bridgehead atoms. The zero-order valence-electron chi connectivity index (χ0n) is 6.27. The van der Waals surface area contributed by atoms with Crippen LogP contribution in [0.2, 0.25) is 25.7 Å². The second-order valence-corrected chi connectivity index (χ2v) is 8.43. The van der Waals surface area contributed by atoms with Crippen LogP contribution >= 0.6 is 0 Å². The number of hydrogen-bond donors (Lipinski definition) is 0. The molecule has 0 aromatic rings. The van der Waals surface area contributed by atoms with Crippen LogP contribution in [0.15, 0.2) is 0 Å². The van der Waals surface area contributed by atoms with Gasteiger partial charge in [0.05, 0.1) is 0 Å². The van der Waals surface area contributed by atoms with E-state index in [0.717, 1.165) is 6.04 Å². The van der Waals surface area contributed by atoms with Crippen LogP contribution in [-0.4, -0.2) is 8.07 Å². The Hall–Kier alpha value is 0.840. The van der Waals surface area contributed by atoms with E-state index in [9.17, 15) is 0 Å². The molecule has 0 heterocycles. The molecule has 0 fully saturated rings. The molecular formula is C6H17RhSi. The Morgan fingerprint density at radius 2 is 1.38 bits per heavy atom. The van der Waals surface area contributed by atoms with Crippen molar-refractivity contribution in [2.24, 2.45) is 0 Å². The van der Waals surface area contributed by atoms with E-state index < -0.39 is 8.07 Å². The van der Waals surface area contributed by atoms with Crippen LogP contribution in [0, 0.1) is 14.4 Å². The van der Waals surface area contributed by atoms with Crippen LogP contribution in [0.5, 0.6) is 0 Å². The first-order valence-electron chi connectivity index (χ1n) is 2.35. The van der Waals surface area contributed by atoms with E-state index in [1.807, 2.05) is 0 Å². The molecule has 1 radical (unpaired) electrons. The van der Waals surface area contributed by atoms with Gasteiger partial charge >= 0.3 is 19.5 Å². The molecule has 2 heteroatoms. The van der Waals surface area contributed by atoms with Gasteiger partial charge in [0.1, 0.15) is 0 Å². The molecule has 0 atom stereocenters. The summed E-state index contributed by atoms with van der Waals surface area (Å²) in [5.41, 5.74) is 0. The Bertz CT molecular complexity index is 38.3. The molecule has 0 aliphatic heterocycles. The summed E-state index contributed by atoms with van der Waals surface area (Å²) in [5, 5.41) is 0. The Kier molecular flexibility index (Phi) is 11.9. The minimum absolute atomic E-state index is 0. The van der Waals surface area contributed by atoms with E-state index in [-0.39, 0.29) is 26.9 Å².